The van der Waals surface area contributed by atoms with E-state index in [2.05, 4.69) is 11.4 Å². The van der Waals surface area contributed by atoms with Gasteiger partial charge in [0.1, 0.15) is 11.4 Å². The van der Waals surface area contributed by atoms with Crippen LogP contribution < -0.4 is 0 Å². The van der Waals surface area contributed by atoms with Crippen molar-refractivity contribution in [3.63, 3.8) is 0 Å². The van der Waals surface area contributed by atoms with E-state index in [0.29, 0.717) is 18.7 Å². The quantitative estimate of drug-likeness (QED) is 0.798. The monoisotopic (exact) mass is 371 g/mol. The summed E-state index contributed by atoms with van der Waals surface area (Å²) >= 11 is 1.78. The fourth-order valence-corrected chi connectivity index (χ4v) is 5.84. The van der Waals surface area contributed by atoms with Gasteiger partial charge in [-0.25, -0.2) is 4.39 Å². The topological polar surface area (TPSA) is 29.5 Å². The Kier molecular flexibility index (Phi) is 3.73. The summed E-state index contributed by atoms with van der Waals surface area (Å²) in [6.07, 6.45) is 4.15. The van der Waals surface area contributed by atoms with Crippen LogP contribution in [0, 0.1) is 5.82 Å². The molecule has 1 amide bonds. The minimum atomic E-state index is -0.628. The molecule has 0 bridgehead atoms. The number of fused-ring (bicyclic) bond motifs is 2. The first kappa shape index (κ1) is 16.5. The fourth-order valence-electron chi connectivity index (χ4n) is 4.67. The van der Waals surface area contributed by atoms with Crippen molar-refractivity contribution in [2.24, 2.45) is 0 Å². The van der Waals surface area contributed by atoms with E-state index >= 15 is 0 Å². The van der Waals surface area contributed by atoms with Crippen molar-refractivity contribution in [3.8, 4) is 0 Å². The predicted octanol–water partition coefficient (Wildman–Crippen LogP) is 4.01. The van der Waals surface area contributed by atoms with Gasteiger partial charge in [0.15, 0.2) is 0 Å². The largest absolute Gasteiger partial charge is 0.369 e. The Bertz CT molecular complexity index is 849. The van der Waals surface area contributed by atoms with Gasteiger partial charge in [-0.3, -0.25) is 4.79 Å². The minimum Gasteiger partial charge on any atom is -0.369 e. The maximum Gasteiger partial charge on any atom is 0.233 e. The zero-order valence-corrected chi connectivity index (χ0v) is 15.5. The minimum absolute atomic E-state index is 0.0969. The number of hydrogen-bond donors (Lipinski definition) is 0. The zero-order chi connectivity index (χ0) is 17.8. The van der Waals surface area contributed by atoms with E-state index < -0.39 is 5.41 Å². The summed E-state index contributed by atoms with van der Waals surface area (Å²) in [5, 5.41) is 2.15. The number of carbonyl (C=O) groups excluding carboxylic acids is 1. The summed E-state index contributed by atoms with van der Waals surface area (Å²) in [5.41, 5.74) is 1.13. The van der Waals surface area contributed by atoms with Crippen molar-refractivity contribution >= 4 is 17.2 Å². The van der Waals surface area contributed by atoms with Crippen LogP contribution in [0.5, 0.6) is 0 Å². The van der Waals surface area contributed by atoms with Gasteiger partial charge < -0.3 is 9.64 Å². The molecule has 5 heteroatoms. The van der Waals surface area contributed by atoms with Crippen LogP contribution in [-0.2, 0) is 27.0 Å². The molecule has 1 spiro atoms. The number of rotatable bonds is 2. The van der Waals surface area contributed by atoms with Crippen molar-refractivity contribution < 1.29 is 13.9 Å². The third kappa shape index (κ3) is 2.37. The third-order valence-corrected chi connectivity index (χ3v) is 7.46. The van der Waals surface area contributed by atoms with E-state index in [1.165, 1.54) is 16.5 Å². The van der Waals surface area contributed by atoms with Crippen LogP contribution >= 0.6 is 11.3 Å². The van der Waals surface area contributed by atoms with Gasteiger partial charge in [0.25, 0.3) is 0 Å². The highest BCUT2D eigenvalue weighted by molar-refractivity contribution is 7.10. The second-order valence-corrected chi connectivity index (χ2v) is 8.64. The number of nitrogens with zero attached hydrogens (tertiary/aromatic N) is 1. The highest BCUT2D eigenvalue weighted by Gasteiger charge is 2.55. The SMILES string of the molecule is O=C(N1CCC2(CC1)OCCc1ccsc12)C1(c2ccccc2F)CC1. The number of likely N-dealkylation sites (tertiary alicyclic amines) is 1. The first-order valence-corrected chi connectivity index (χ1v) is 10.3. The van der Waals surface area contributed by atoms with Crippen molar-refractivity contribution in [1.82, 2.24) is 4.90 Å². The molecule has 136 valence electrons. The zero-order valence-electron chi connectivity index (χ0n) is 14.7. The van der Waals surface area contributed by atoms with Crippen LogP contribution in [0.2, 0.25) is 0 Å². The van der Waals surface area contributed by atoms with Crippen LogP contribution in [0.25, 0.3) is 0 Å². The van der Waals surface area contributed by atoms with E-state index in [0.717, 1.165) is 38.7 Å². The number of ether oxygens (including phenoxy) is 1. The van der Waals surface area contributed by atoms with E-state index in [9.17, 15) is 9.18 Å². The molecule has 1 aromatic heterocycles. The van der Waals surface area contributed by atoms with Gasteiger partial charge in [-0.05, 0) is 55.2 Å². The first-order chi connectivity index (χ1) is 12.6. The number of thiophene rings is 1. The molecule has 0 radical (unpaired) electrons. The molecular weight excluding hydrogens is 349 g/mol. The van der Waals surface area contributed by atoms with Crippen LogP contribution in [0.15, 0.2) is 35.7 Å². The van der Waals surface area contributed by atoms with Crippen molar-refractivity contribution in [2.75, 3.05) is 19.7 Å². The molecule has 0 atom stereocenters. The number of hydrogen-bond acceptors (Lipinski definition) is 3. The summed E-state index contributed by atoms with van der Waals surface area (Å²) in [4.78, 5) is 16.5. The molecule has 5 rings (SSSR count). The van der Waals surface area contributed by atoms with E-state index in [1.54, 1.807) is 23.5 Å². The number of amides is 1. The Morgan fingerprint density at radius 1 is 1.12 bits per heavy atom. The lowest BCUT2D eigenvalue weighted by atomic mass is 9.84. The lowest BCUT2D eigenvalue weighted by Crippen LogP contribution is -2.50. The lowest BCUT2D eigenvalue weighted by Gasteiger charge is -2.44. The standard InChI is InChI=1S/C21H22FNO2S/c22-17-4-2-1-3-16(17)20(7-8-20)19(24)23-11-9-21(10-12-23)18-15(5-13-25-21)6-14-26-18/h1-4,6,14H,5,7-13H2. The maximum atomic E-state index is 14.3. The van der Waals surface area contributed by atoms with Gasteiger partial charge in [-0.15, -0.1) is 11.3 Å². The summed E-state index contributed by atoms with van der Waals surface area (Å²) in [6, 6.07) is 8.95. The Labute approximate surface area is 156 Å². The van der Waals surface area contributed by atoms with Crippen molar-refractivity contribution in [1.29, 1.82) is 0 Å². The molecule has 2 aromatic rings. The van der Waals surface area contributed by atoms with Crippen molar-refractivity contribution in [2.45, 2.75) is 43.1 Å². The average molecular weight is 371 g/mol. The van der Waals surface area contributed by atoms with Crippen LogP contribution in [0.4, 0.5) is 4.39 Å². The molecule has 1 aromatic carbocycles. The maximum absolute atomic E-state index is 14.3. The van der Waals surface area contributed by atoms with E-state index in [4.69, 9.17) is 4.74 Å². The van der Waals surface area contributed by atoms with Crippen LogP contribution in [0.1, 0.15) is 41.7 Å². The average Bonchev–Trinajstić information content (AvgIpc) is 3.32. The van der Waals surface area contributed by atoms with Gasteiger partial charge in [0.2, 0.25) is 5.91 Å². The van der Waals surface area contributed by atoms with E-state index in [1.807, 2.05) is 11.0 Å². The normalized spacial score (nSPS) is 22.9. The molecule has 2 aliphatic heterocycles. The van der Waals surface area contributed by atoms with E-state index in [-0.39, 0.29) is 17.3 Å². The molecule has 3 aliphatic rings. The Balaban J connectivity index is 1.35. The summed E-state index contributed by atoms with van der Waals surface area (Å²) in [7, 11) is 0. The van der Waals surface area contributed by atoms with Gasteiger partial charge in [-0.2, -0.15) is 0 Å². The molecule has 2 fully saturated rings. The Morgan fingerprint density at radius 3 is 2.62 bits per heavy atom. The number of carbonyl (C=O) groups is 1. The number of halogens is 1. The molecule has 0 unspecified atom stereocenters. The molecular formula is C21H22FNO2S. The number of benzene rings is 1. The second kappa shape index (κ2) is 5.89. The molecule has 1 aliphatic carbocycles. The number of piperidine rings is 1. The van der Waals surface area contributed by atoms with Gasteiger partial charge in [-0.1, -0.05) is 18.2 Å². The Hall–Kier alpha value is -1.72. The van der Waals surface area contributed by atoms with Crippen molar-refractivity contribution in [3.05, 3.63) is 57.5 Å². The summed E-state index contributed by atoms with van der Waals surface area (Å²) in [6.45, 7) is 2.13. The summed E-state index contributed by atoms with van der Waals surface area (Å²) < 4.78 is 20.5. The molecule has 1 saturated heterocycles. The van der Waals surface area contributed by atoms with Gasteiger partial charge >= 0.3 is 0 Å². The lowest BCUT2D eigenvalue weighted by molar-refractivity contribution is -0.143. The predicted molar refractivity (Wildman–Crippen MR) is 98.8 cm³/mol. The molecule has 3 heterocycles. The highest BCUT2D eigenvalue weighted by atomic mass is 32.1. The Morgan fingerprint density at radius 2 is 1.88 bits per heavy atom. The molecule has 0 N–H and O–H groups in total. The third-order valence-electron chi connectivity index (χ3n) is 6.32. The van der Waals surface area contributed by atoms with Gasteiger partial charge in [0, 0.05) is 23.5 Å². The molecule has 26 heavy (non-hydrogen) atoms. The summed E-state index contributed by atoms with van der Waals surface area (Å²) in [5.74, 6) is -0.162. The molecule has 3 nitrogen and oxygen atoms in total. The first-order valence-electron chi connectivity index (χ1n) is 9.40. The highest BCUT2D eigenvalue weighted by Crippen LogP contribution is 2.52. The second-order valence-electron chi connectivity index (χ2n) is 7.72. The van der Waals surface area contributed by atoms with Gasteiger partial charge in [0.05, 0.1) is 12.0 Å². The molecule has 1 saturated carbocycles. The van der Waals surface area contributed by atoms with Crippen LogP contribution in [-0.4, -0.2) is 30.5 Å². The van der Waals surface area contributed by atoms with Crippen LogP contribution in [0.3, 0.4) is 0 Å². The fraction of sp³-hybridized carbons (Fsp3) is 0.476. The smallest absolute Gasteiger partial charge is 0.233 e.